The number of aliphatic hydroxyl groups is 1. The molecule has 0 unspecified atom stereocenters. The van der Waals surface area contributed by atoms with Crippen molar-refractivity contribution >= 4 is 0 Å². The van der Waals surface area contributed by atoms with Crippen molar-refractivity contribution in [2.24, 2.45) is 5.41 Å². The van der Waals surface area contributed by atoms with Crippen molar-refractivity contribution in [3.05, 3.63) is 0 Å². The molecule has 1 aliphatic rings. The number of aliphatic hydroxyl groups excluding tert-OH is 1. The van der Waals surface area contributed by atoms with Gasteiger partial charge < -0.3 is 14.9 Å². The Morgan fingerprint density at radius 2 is 1.53 bits per heavy atom. The van der Waals surface area contributed by atoms with Crippen LogP contribution >= 0.6 is 0 Å². The third-order valence-electron chi connectivity index (χ3n) is 4.72. The lowest BCUT2D eigenvalue weighted by atomic mass is 9.82. The van der Waals surface area contributed by atoms with E-state index >= 15 is 0 Å². The Hall–Kier alpha value is -0.160. The number of nitrogens with zero attached hydrogens (tertiary/aromatic N) is 3. The molecule has 1 fully saturated rings. The molecule has 0 bridgehead atoms. The molecule has 1 N–H and O–H groups in total. The number of hydrogen-bond acceptors (Lipinski definition) is 4. The molecule has 0 amide bonds. The van der Waals surface area contributed by atoms with Gasteiger partial charge in [-0.2, -0.15) is 0 Å². The summed E-state index contributed by atoms with van der Waals surface area (Å²) in [6.07, 6.45) is 2.14. The maximum Gasteiger partial charge on any atom is 0.0499 e. The lowest BCUT2D eigenvalue weighted by Crippen LogP contribution is -2.51. The van der Waals surface area contributed by atoms with Gasteiger partial charge in [0, 0.05) is 57.8 Å². The van der Waals surface area contributed by atoms with Crippen LogP contribution in [0.25, 0.3) is 0 Å². The summed E-state index contributed by atoms with van der Waals surface area (Å²) in [4.78, 5) is 7.34. The van der Waals surface area contributed by atoms with Crippen molar-refractivity contribution in [1.29, 1.82) is 0 Å². The minimum Gasteiger partial charge on any atom is -0.396 e. The molecule has 1 saturated heterocycles. The molecule has 19 heavy (non-hydrogen) atoms. The average Bonchev–Trinajstić information content (AvgIpc) is 2.44. The van der Waals surface area contributed by atoms with E-state index in [2.05, 4.69) is 42.6 Å². The van der Waals surface area contributed by atoms with Gasteiger partial charge in [-0.1, -0.05) is 13.8 Å². The molecule has 0 aromatic carbocycles. The number of rotatable bonds is 8. The molecular weight excluding hydrogens is 238 g/mol. The number of hydrogen-bond donors (Lipinski definition) is 1. The summed E-state index contributed by atoms with van der Waals surface area (Å²) in [6, 6.07) is 0. The van der Waals surface area contributed by atoms with Gasteiger partial charge in [0.2, 0.25) is 0 Å². The van der Waals surface area contributed by atoms with Crippen LogP contribution in [0.2, 0.25) is 0 Å². The molecule has 0 aliphatic carbocycles. The summed E-state index contributed by atoms with van der Waals surface area (Å²) in [5.74, 6) is 0. The Morgan fingerprint density at radius 3 is 1.95 bits per heavy atom. The zero-order valence-electron chi connectivity index (χ0n) is 13.4. The SMILES string of the molecule is CCC(CC)(CO)CN1CCN(CCN(C)C)CC1. The molecule has 1 heterocycles. The molecule has 1 rings (SSSR count). The highest BCUT2D eigenvalue weighted by molar-refractivity contribution is 4.82. The lowest BCUT2D eigenvalue weighted by molar-refractivity contribution is 0.0395. The first kappa shape index (κ1) is 16.9. The fourth-order valence-corrected chi connectivity index (χ4v) is 2.73. The molecule has 0 aromatic rings. The monoisotopic (exact) mass is 271 g/mol. The van der Waals surface area contributed by atoms with E-state index in [4.69, 9.17) is 0 Å². The molecule has 0 atom stereocenters. The van der Waals surface area contributed by atoms with Crippen molar-refractivity contribution in [2.75, 3.05) is 66.5 Å². The smallest absolute Gasteiger partial charge is 0.0499 e. The molecular formula is C15H33N3O. The third-order valence-corrected chi connectivity index (χ3v) is 4.72. The van der Waals surface area contributed by atoms with E-state index in [0.29, 0.717) is 6.61 Å². The highest BCUT2D eigenvalue weighted by atomic mass is 16.3. The summed E-state index contributed by atoms with van der Waals surface area (Å²) >= 11 is 0. The van der Waals surface area contributed by atoms with E-state index in [9.17, 15) is 5.11 Å². The van der Waals surface area contributed by atoms with Gasteiger partial charge in [-0.05, 0) is 26.9 Å². The number of likely N-dealkylation sites (N-methyl/N-ethyl adjacent to an activating group) is 1. The van der Waals surface area contributed by atoms with Crippen LogP contribution < -0.4 is 0 Å². The van der Waals surface area contributed by atoms with Crippen LogP contribution in [0.5, 0.6) is 0 Å². The van der Waals surface area contributed by atoms with Crippen LogP contribution in [0.15, 0.2) is 0 Å². The van der Waals surface area contributed by atoms with Crippen LogP contribution in [0, 0.1) is 5.41 Å². The van der Waals surface area contributed by atoms with E-state index in [1.54, 1.807) is 0 Å². The van der Waals surface area contributed by atoms with Gasteiger partial charge >= 0.3 is 0 Å². The zero-order chi connectivity index (χ0) is 14.3. The largest absolute Gasteiger partial charge is 0.396 e. The average molecular weight is 271 g/mol. The third kappa shape index (κ3) is 5.38. The topological polar surface area (TPSA) is 30.0 Å². The summed E-state index contributed by atoms with van der Waals surface area (Å²) in [5.41, 5.74) is 0.117. The summed E-state index contributed by atoms with van der Waals surface area (Å²) in [7, 11) is 4.27. The first-order chi connectivity index (χ1) is 9.05. The highest BCUT2D eigenvalue weighted by Crippen LogP contribution is 2.27. The summed E-state index contributed by atoms with van der Waals surface area (Å²) in [5, 5.41) is 9.66. The van der Waals surface area contributed by atoms with Gasteiger partial charge in [0.1, 0.15) is 0 Å². The Morgan fingerprint density at radius 1 is 1.00 bits per heavy atom. The second-order valence-corrected chi connectivity index (χ2v) is 6.29. The summed E-state index contributed by atoms with van der Waals surface area (Å²) < 4.78 is 0. The Labute approximate surface area is 119 Å². The quantitative estimate of drug-likeness (QED) is 0.712. The van der Waals surface area contributed by atoms with Crippen molar-refractivity contribution in [2.45, 2.75) is 26.7 Å². The fraction of sp³-hybridized carbons (Fsp3) is 1.00. The van der Waals surface area contributed by atoms with E-state index < -0.39 is 0 Å². The van der Waals surface area contributed by atoms with Gasteiger partial charge in [0.25, 0.3) is 0 Å². The normalized spacial score (nSPS) is 19.3. The summed E-state index contributed by atoms with van der Waals surface area (Å²) in [6.45, 7) is 12.7. The first-order valence-corrected chi connectivity index (χ1v) is 7.75. The zero-order valence-corrected chi connectivity index (χ0v) is 13.4. The van der Waals surface area contributed by atoms with Crippen LogP contribution in [0.1, 0.15) is 26.7 Å². The van der Waals surface area contributed by atoms with Gasteiger partial charge in [-0.25, -0.2) is 0 Å². The molecule has 0 spiro atoms. The molecule has 0 radical (unpaired) electrons. The molecule has 0 saturated carbocycles. The highest BCUT2D eigenvalue weighted by Gasteiger charge is 2.29. The maximum atomic E-state index is 9.66. The Bertz CT molecular complexity index is 225. The predicted octanol–water partition coefficient (Wildman–Crippen LogP) is 0.964. The van der Waals surface area contributed by atoms with E-state index in [-0.39, 0.29) is 5.41 Å². The lowest BCUT2D eigenvalue weighted by Gasteiger charge is -2.40. The predicted molar refractivity (Wildman–Crippen MR) is 81.5 cm³/mol. The molecule has 1 aliphatic heterocycles. The van der Waals surface area contributed by atoms with Crippen LogP contribution in [-0.4, -0.2) is 86.3 Å². The van der Waals surface area contributed by atoms with E-state index in [1.165, 1.54) is 19.6 Å². The van der Waals surface area contributed by atoms with Crippen LogP contribution in [-0.2, 0) is 0 Å². The maximum absolute atomic E-state index is 9.66. The van der Waals surface area contributed by atoms with Gasteiger partial charge in [0.05, 0.1) is 0 Å². The molecule has 4 nitrogen and oxygen atoms in total. The van der Waals surface area contributed by atoms with Crippen molar-refractivity contribution < 1.29 is 5.11 Å². The van der Waals surface area contributed by atoms with Crippen LogP contribution in [0.3, 0.4) is 0 Å². The van der Waals surface area contributed by atoms with Crippen LogP contribution in [0.4, 0.5) is 0 Å². The van der Waals surface area contributed by atoms with Crippen molar-refractivity contribution in [3.8, 4) is 0 Å². The van der Waals surface area contributed by atoms with Crippen molar-refractivity contribution in [3.63, 3.8) is 0 Å². The van der Waals surface area contributed by atoms with E-state index in [1.807, 2.05) is 0 Å². The second-order valence-electron chi connectivity index (χ2n) is 6.29. The van der Waals surface area contributed by atoms with Gasteiger partial charge in [-0.15, -0.1) is 0 Å². The standard InChI is InChI=1S/C15H33N3O/c1-5-15(6-2,14-19)13-18-11-9-17(10-12-18)8-7-16(3)4/h19H,5-14H2,1-4H3. The fourth-order valence-electron chi connectivity index (χ4n) is 2.73. The van der Waals surface area contributed by atoms with Gasteiger partial charge in [0.15, 0.2) is 0 Å². The number of piperazine rings is 1. The van der Waals surface area contributed by atoms with Gasteiger partial charge in [-0.3, -0.25) is 4.90 Å². The second kappa shape index (κ2) is 8.20. The molecule has 114 valence electrons. The molecule has 4 heteroatoms. The Balaban J connectivity index is 2.33. The minimum absolute atomic E-state index is 0.117. The van der Waals surface area contributed by atoms with E-state index in [0.717, 1.165) is 39.0 Å². The molecule has 0 aromatic heterocycles. The van der Waals surface area contributed by atoms with Crippen molar-refractivity contribution in [1.82, 2.24) is 14.7 Å². The first-order valence-electron chi connectivity index (χ1n) is 7.75. The minimum atomic E-state index is 0.117. The Kier molecular flexibility index (Phi) is 7.29.